The molecule has 1 aliphatic heterocycles. The van der Waals surface area contributed by atoms with Crippen molar-refractivity contribution in [2.45, 2.75) is 30.6 Å². The van der Waals surface area contributed by atoms with E-state index < -0.39 is 28.4 Å². The van der Waals surface area contributed by atoms with Crippen molar-refractivity contribution in [2.75, 3.05) is 19.6 Å². The Morgan fingerprint density at radius 2 is 1.78 bits per heavy atom. The molecule has 0 saturated carbocycles. The summed E-state index contributed by atoms with van der Waals surface area (Å²) in [6.45, 7) is 0.456. The van der Waals surface area contributed by atoms with Crippen molar-refractivity contribution < 1.29 is 23.1 Å². The number of carbonyl (C=O) groups excluding carboxylic acids is 1. The molecular weight excluding hydrogens is 320 g/mol. The van der Waals surface area contributed by atoms with Crippen LogP contribution in [-0.2, 0) is 14.8 Å². The highest BCUT2D eigenvalue weighted by atomic mass is 32.2. The van der Waals surface area contributed by atoms with E-state index in [1.807, 2.05) is 0 Å². The Labute approximate surface area is 135 Å². The number of nitrogens with one attached hydrogen (secondary N) is 1. The molecule has 0 radical (unpaired) electrons. The second kappa shape index (κ2) is 7.56. The second-order valence-corrected chi connectivity index (χ2v) is 7.36. The molecule has 0 aromatic heterocycles. The van der Waals surface area contributed by atoms with Gasteiger partial charge in [0.1, 0.15) is 6.54 Å². The number of benzene rings is 1. The third-order valence-electron chi connectivity index (χ3n) is 3.70. The third kappa shape index (κ3) is 4.52. The average Bonchev–Trinajstić information content (AvgIpc) is 2.82. The first-order valence-electron chi connectivity index (χ1n) is 7.51. The largest absolute Gasteiger partial charge is 0.480 e. The quantitative estimate of drug-likeness (QED) is 0.834. The summed E-state index contributed by atoms with van der Waals surface area (Å²) in [5, 5.41) is 10.8. The van der Waals surface area contributed by atoms with Gasteiger partial charge >= 0.3 is 5.97 Å². The Kier molecular flexibility index (Phi) is 5.73. The zero-order chi connectivity index (χ0) is 16.9. The second-order valence-electron chi connectivity index (χ2n) is 5.42. The summed E-state index contributed by atoms with van der Waals surface area (Å²) < 4.78 is 26.8. The Morgan fingerprint density at radius 1 is 1.13 bits per heavy atom. The number of carboxylic acids is 1. The molecule has 1 fully saturated rings. The van der Waals surface area contributed by atoms with Gasteiger partial charge in [0.2, 0.25) is 10.0 Å². The Bertz CT molecular complexity index is 679. The zero-order valence-electron chi connectivity index (χ0n) is 12.7. The van der Waals surface area contributed by atoms with Crippen molar-refractivity contribution in [3.05, 3.63) is 29.8 Å². The number of aliphatic carboxylic acids is 1. The topological polar surface area (TPSA) is 104 Å². The van der Waals surface area contributed by atoms with Crippen LogP contribution in [0.2, 0.25) is 0 Å². The highest BCUT2D eigenvalue weighted by Crippen LogP contribution is 2.21. The molecule has 0 atom stereocenters. The fourth-order valence-corrected chi connectivity index (χ4v) is 4.05. The van der Waals surface area contributed by atoms with E-state index >= 15 is 0 Å². The van der Waals surface area contributed by atoms with Gasteiger partial charge in [0, 0.05) is 18.7 Å². The van der Waals surface area contributed by atoms with Gasteiger partial charge < -0.3 is 10.4 Å². The number of sulfonamides is 1. The van der Waals surface area contributed by atoms with Gasteiger partial charge in [0.05, 0.1) is 4.90 Å². The minimum absolute atomic E-state index is 0.0578. The van der Waals surface area contributed by atoms with E-state index in [0.717, 1.165) is 25.7 Å². The summed E-state index contributed by atoms with van der Waals surface area (Å²) in [7, 11) is -3.64. The van der Waals surface area contributed by atoms with Gasteiger partial charge in [-0.25, -0.2) is 8.42 Å². The molecular formula is C15H20N2O5S. The maximum Gasteiger partial charge on any atom is 0.322 e. The van der Waals surface area contributed by atoms with E-state index in [1.165, 1.54) is 28.6 Å². The molecule has 0 unspecified atom stereocenters. The van der Waals surface area contributed by atoms with Crippen LogP contribution in [0.25, 0.3) is 0 Å². The fraction of sp³-hybridized carbons (Fsp3) is 0.467. The summed E-state index contributed by atoms with van der Waals surface area (Å²) in [4.78, 5) is 22.4. The number of nitrogens with zero attached hydrogens (tertiary/aromatic N) is 1. The highest BCUT2D eigenvalue weighted by Gasteiger charge is 2.25. The Morgan fingerprint density at radius 3 is 2.39 bits per heavy atom. The molecule has 0 aliphatic carbocycles. The minimum Gasteiger partial charge on any atom is -0.480 e. The van der Waals surface area contributed by atoms with Crippen molar-refractivity contribution in [3.8, 4) is 0 Å². The zero-order valence-corrected chi connectivity index (χ0v) is 13.5. The molecule has 1 aliphatic rings. The lowest BCUT2D eigenvalue weighted by Crippen LogP contribution is -2.32. The molecule has 0 bridgehead atoms. The molecule has 1 aromatic carbocycles. The molecule has 8 heteroatoms. The smallest absolute Gasteiger partial charge is 0.322 e. The standard InChI is InChI=1S/C15H20N2O5S/c18-14(19)11-16-15(20)12-6-5-7-13(10-12)23(21,22)17-8-3-1-2-4-9-17/h5-7,10H,1-4,8-9,11H2,(H,16,20)(H,18,19). The van der Waals surface area contributed by atoms with Gasteiger partial charge in [0.15, 0.2) is 0 Å². The van der Waals surface area contributed by atoms with E-state index in [1.54, 1.807) is 0 Å². The number of carbonyl (C=O) groups is 2. The Balaban J connectivity index is 2.20. The van der Waals surface area contributed by atoms with E-state index in [0.29, 0.717) is 13.1 Å². The van der Waals surface area contributed by atoms with Gasteiger partial charge in [0.25, 0.3) is 5.91 Å². The maximum atomic E-state index is 12.7. The van der Waals surface area contributed by atoms with Gasteiger partial charge in [-0.1, -0.05) is 18.9 Å². The molecule has 23 heavy (non-hydrogen) atoms. The van der Waals surface area contributed by atoms with Crippen LogP contribution in [0, 0.1) is 0 Å². The fourth-order valence-electron chi connectivity index (χ4n) is 2.49. The lowest BCUT2D eigenvalue weighted by molar-refractivity contribution is -0.135. The minimum atomic E-state index is -3.64. The van der Waals surface area contributed by atoms with Gasteiger partial charge in [-0.15, -0.1) is 0 Å². The third-order valence-corrected chi connectivity index (χ3v) is 5.59. The SMILES string of the molecule is O=C(O)CNC(=O)c1cccc(S(=O)(=O)N2CCCCCC2)c1. The lowest BCUT2D eigenvalue weighted by atomic mass is 10.2. The first-order valence-corrected chi connectivity index (χ1v) is 8.95. The van der Waals surface area contributed by atoms with E-state index in [9.17, 15) is 18.0 Å². The number of amides is 1. The lowest BCUT2D eigenvalue weighted by Gasteiger charge is -2.20. The molecule has 1 amide bonds. The van der Waals surface area contributed by atoms with Crippen LogP contribution in [0.5, 0.6) is 0 Å². The molecule has 1 saturated heterocycles. The summed E-state index contributed by atoms with van der Waals surface area (Å²) in [6.07, 6.45) is 3.70. The predicted octanol–water partition coefficient (Wildman–Crippen LogP) is 1.07. The van der Waals surface area contributed by atoms with Crippen molar-refractivity contribution in [1.82, 2.24) is 9.62 Å². The molecule has 2 N–H and O–H groups in total. The summed E-state index contributed by atoms with van der Waals surface area (Å²) in [5.74, 6) is -1.77. The number of carboxylic acid groups (broad SMARTS) is 1. The normalized spacial score (nSPS) is 16.5. The van der Waals surface area contributed by atoms with Crippen LogP contribution in [0.3, 0.4) is 0 Å². The predicted molar refractivity (Wildman–Crippen MR) is 83.6 cm³/mol. The van der Waals surface area contributed by atoms with Gasteiger partial charge in [-0.3, -0.25) is 9.59 Å². The van der Waals surface area contributed by atoms with Crippen LogP contribution in [-0.4, -0.2) is 49.3 Å². The summed E-state index contributed by atoms with van der Waals surface area (Å²) in [5.41, 5.74) is 0.127. The van der Waals surface area contributed by atoms with E-state index in [2.05, 4.69) is 5.32 Å². The molecule has 7 nitrogen and oxygen atoms in total. The molecule has 0 spiro atoms. The van der Waals surface area contributed by atoms with Crippen LogP contribution in [0.15, 0.2) is 29.2 Å². The molecule has 126 valence electrons. The van der Waals surface area contributed by atoms with Crippen molar-refractivity contribution in [3.63, 3.8) is 0 Å². The van der Waals surface area contributed by atoms with Crippen LogP contribution < -0.4 is 5.32 Å². The first kappa shape index (κ1) is 17.4. The highest BCUT2D eigenvalue weighted by molar-refractivity contribution is 7.89. The van der Waals surface area contributed by atoms with E-state index in [-0.39, 0.29) is 10.5 Å². The van der Waals surface area contributed by atoms with Gasteiger partial charge in [-0.2, -0.15) is 4.31 Å². The van der Waals surface area contributed by atoms with Crippen LogP contribution >= 0.6 is 0 Å². The molecule has 2 rings (SSSR count). The summed E-state index contributed by atoms with van der Waals surface area (Å²) >= 11 is 0. The number of hydrogen-bond acceptors (Lipinski definition) is 4. The number of rotatable bonds is 5. The first-order chi connectivity index (χ1) is 10.9. The Hall–Kier alpha value is -1.93. The molecule has 1 aromatic rings. The van der Waals surface area contributed by atoms with Crippen LogP contribution in [0.4, 0.5) is 0 Å². The van der Waals surface area contributed by atoms with Crippen molar-refractivity contribution in [1.29, 1.82) is 0 Å². The van der Waals surface area contributed by atoms with E-state index in [4.69, 9.17) is 5.11 Å². The van der Waals surface area contributed by atoms with Crippen LogP contribution in [0.1, 0.15) is 36.0 Å². The maximum absolute atomic E-state index is 12.7. The monoisotopic (exact) mass is 340 g/mol. The summed E-state index contributed by atoms with van der Waals surface area (Å²) in [6, 6.07) is 5.69. The average molecular weight is 340 g/mol. The van der Waals surface area contributed by atoms with Crippen molar-refractivity contribution >= 4 is 21.9 Å². The molecule has 1 heterocycles. The number of hydrogen-bond donors (Lipinski definition) is 2. The van der Waals surface area contributed by atoms with Crippen molar-refractivity contribution in [2.24, 2.45) is 0 Å². The van der Waals surface area contributed by atoms with Gasteiger partial charge in [-0.05, 0) is 31.0 Å².